The summed E-state index contributed by atoms with van der Waals surface area (Å²) in [6.07, 6.45) is 7.47. The SMILES string of the molecule is Brc1ccc(/C=C\c2ccnnc2)cc1. The highest BCUT2D eigenvalue weighted by Gasteiger charge is 1.88. The number of hydrogen-bond donors (Lipinski definition) is 0. The van der Waals surface area contributed by atoms with Crippen molar-refractivity contribution in [3.8, 4) is 0 Å². The van der Waals surface area contributed by atoms with Crippen LogP contribution in [-0.2, 0) is 0 Å². The van der Waals surface area contributed by atoms with E-state index in [1.54, 1.807) is 12.4 Å². The smallest absolute Gasteiger partial charge is 0.0568 e. The second-order valence-corrected chi connectivity index (χ2v) is 3.98. The minimum absolute atomic E-state index is 1.05. The van der Waals surface area contributed by atoms with Gasteiger partial charge in [-0.1, -0.05) is 40.2 Å². The zero-order chi connectivity index (χ0) is 10.5. The normalized spacial score (nSPS) is 10.7. The van der Waals surface area contributed by atoms with E-state index in [-0.39, 0.29) is 0 Å². The molecular weight excluding hydrogens is 252 g/mol. The summed E-state index contributed by atoms with van der Waals surface area (Å²) in [5.74, 6) is 0. The molecule has 0 saturated carbocycles. The third kappa shape index (κ3) is 2.99. The molecule has 0 radical (unpaired) electrons. The summed E-state index contributed by atoms with van der Waals surface area (Å²) in [6, 6.07) is 10.1. The molecule has 0 atom stereocenters. The topological polar surface area (TPSA) is 25.8 Å². The minimum atomic E-state index is 1.05. The molecule has 0 N–H and O–H groups in total. The third-order valence-corrected chi connectivity index (χ3v) is 2.47. The van der Waals surface area contributed by atoms with Gasteiger partial charge in [0.15, 0.2) is 0 Å². The lowest BCUT2D eigenvalue weighted by Gasteiger charge is -1.93. The van der Waals surface area contributed by atoms with Crippen molar-refractivity contribution in [2.45, 2.75) is 0 Å². The zero-order valence-electron chi connectivity index (χ0n) is 7.97. The van der Waals surface area contributed by atoms with Gasteiger partial charge in [-0.25, -0.2) is 0 Å². The Bertz CT molecular complexity index is 449. The molecule has 0 fully saturated rings. The van der Waals surface area contributed by atoms with Crippen LogP contribution in [0.25, 0.3) is 12.2 Å². The highest BCUT2D eigenvalue weighted by Crippen LogP contribution is 2.12. The summed E-state index contributed by atoms with van der Waals surface area (Å²) in [5.41, 5.74) is 2.21. The van der Waals surface area contributed by atoms with Crippen LogP contribution in [-0.4, -0.2) is 10.2 Å². The quantitative estimate of drug-likeness (QED) is 0.827. The summed E-state index contributed by atoms with van der Waals surface area (Å²) < 4.78 is 1.09. The number of aromatic nitrogens is 2. The summed E-state index contributed by atoms with van der Waals surface area (Å²) in [4.78, 5) is 0. The summed E-state index contributed by atoms with van der Waals surface area (Å²) in [5, 5.41) is 7.52. The van der Waals surface area contributed by atoms with Gasteiger partial charge in [-0.15, -0.1) is 0 Å². The summed E-state index contributed by atoms with van der Waals surface area (Å²) in [7, 11) is 0. The highest BCUT2D eigenvalue weighted by molar-refractivity contribution is 9.10. The Morgan fingerprint density at radius 1 is 0.867 bits per heavy atom. The average Bonchev–Trinajstić information content (AvgIpc) is 2.30. The van der Waals surface area contributed by atoms with Crippen molar-refractivity contribution in [2.24, 2.45) is 0 Å². The molecule has 0 unspecified atom stereocenters. The first-order valence-corrected chi connectivity index (χ1v) is 5.34. The number of rotatable bonds is 2. The van der Waals surface area contributed by atoms with Crippen LogP contribution in [0, 0.1) is 0 Å². The number of benzene rings is 1. The molecule has 0 bridgehead atoms. The molecule has 2 rings (SSSR count). The predicted octanol–water partition coefficient (Wildman–Crippen LogP) is 3.41. The first kappa shape index (κ1) is 10.1. The minimum Gasteiger partial charge on any atom is -0.159 e. The molecule has 1 aromatic heterocycles. The monoisotopic (exact) mass is 260 g/mol. The van der Waals surface area contributed by atoms with E-state index in [4.69, 9.17) is 0 Å². The van der Waals surface area contributed by atoms with Gasteiger partial charge in [-0.05, 0) is 29.3 Å². The molecule has 2 nitrogen and oxygen atoms in total. The second kappa shape index (κ2) is 4.84. The van der Waals surface area contributed by atoms with E-state index in [1.165, 1.54) is 0 Å². The van der Waals surface area contributed by atoms with Gasteiger partial charge in [0.1, 0.15) is 0 Å². The Balaban J connectivity index is 2.15. The van der Waals surface area contributed by atoms with E-state index >= 15 is 0 Å². The van der Waals surface area contributed by atoms with E-state index in [0.717, 1.165) is 15.6 Å². The van der Waals surface area contributed by atoms with Crippen LogP contribution in [0.15, 0.2) is 47.2 Å². The van der Waals surface area contributed by atoms with Crippen molar-refractivity contribution in [2.75, 3.05) is 0 Å². The van der Waals surface area contributed by atoms with Crippen LogP contribution >= 0.6 is 15.9 Å². The van der Waals surface area contributed by atoms with E-state index in [0.29, 0.717) is 0 Å². The maximum Gasteiger partial charge on any atom is 0.0568 e. The lowest BCUT2D eigenvalue weighted by atomic mass is 10.2. The zero-order valence-corrected chi connectivity index (χ0v) is 9.55. The van der Waals surface area contributed by atoms with Gasteiger partial charge in [0, 0.05) is 4.47 Å². The van der Waals surface area contributed by atoms with Crippen molar-refractivity contribution < 1.29 is 0 Å². The number of halogens is 1. The van der Waals surface area contributed by atoms with Gasteiger partial charge >= 0.3 is 0 Å². The molecule has 0 amide bonds. The van der Waals surface area contributed by atoms with Crippen molar-refractivity contribution in [1.29, 1.82) is 0 Å². The Kier molecular flexibility index (Phi) is 3.25. The maximum atomic E-state index is 3.80. The molecule has 0 aliphatic carbocycles. The van der Waals surface area contributed by atoms with Crippen LogP contribution in [0.5, 0.6) is 0 Å². The van der Waals surface area contributed by atoms with E-state index in [2.05, 4.69) is 38.3 Å². The fourth-order valence-electron chi connectivity index (χ4n) is 1.17. The van der Waals surface area contributed by atoms with Gasteiger partial charge < -0.3 is 0 Å². The van der Waals surface area contributed by atoms with Gasteiger partial charge in [0.25, 0.3) is 0 Å². The third-order valence-electron chi connectivity index (χ3n) is 1.95. The maximum absolute atomic E-state index is 3.80. The van der Waals surface area contributed by atoms with Gasteiger partial charge in [-0.2, -0.15) is 10.2 Å². The average molecular weight is 261 g/mol. The van der Waals surface area contributed by atoms with Crippen LogP contribution in [0.3, 0.4) is 0 Å². The molecule has 0 aliphatic rings. The van der Waals surface area contributed by atoms with Gasteiger partial charge in [-0.3, -0.25) is 0 Å². The Hall–Kier alpha value is -1.48. The van der Waals surface area contributed by atoms with Crippen LogP contribution in [0.2, 0.25) is 0 Å². The molecule has 1 aromatic carbocycles. The summed E-state index contributed by atoms with van der Waals surface area (Å²) >= 11 is 3.40. The first-order chi connectivity index (χ1) is 7.34. The Morgan fingerprint density at radius 2 is 1.60 bits per heavy atom. The fourth-order valence-corrected chi connectivity index (χ4v) is 1.43. The van der Waals surface area contributed by atoms with E-state index in [9.17, 15) is 0 Å². The van der Waals surface area contributed by atoms with E-state index in [1.807, 2.05) is 30.4 Å². The molecule has 0 saturated heterocycles. The van der Waals surface area contributed by atoms with E-state index < -0.39 is 0 Å². The molecule has 74 valence electrons. The van der Waals surface area contributed by atoms with Crippen molar-refractivity contribution >= 4 is 28.1 Å². The molecule has 0 spiro atoms. The number of nitrogens with zero attached hydrogens (tertiary/aromatic N) is 2. The molecule has 1 heterocycles. The van der Waals surface area contributed by atoms with Gasteiger partial charge in [0.2, 0.25) is 0 Å². The van der Waals surface area contributed by atoms with Crippen molar-refractivity contribution in [3.63, 3.8) is 0 Å². The molecular formula is C12H9BrN2. The van der Waals surface area contributed by atoms with Crippen LogP contribution in [0.1, 0.15) is 11.1 Å². The Labute approximate surface area is 96.8 Å². The van der Waals surface area contributed by atoms with Crippen LogP contribution in [0.4, 0.5) is 0 Å². The lowest BCUT2D eigenvalue weighted by Crippen LogP contribution is -1.78. The van der Waals surface area contributed by atoms with Crippen molar-refractivity contribution in [1.82, 2.24) is 10.2 Å². The predicted molar refractivity (Wildman–Crippen MR) is 65.1 cm³/mol. The molecule has 2 aromatic rings. The van der Waals surface area contributed by atoms with Crippen LogP contribution < -0.4 is 0 Å². The highest BCUT2D eigenvalue weighted by atomic mass is 79.9. The molecule has 0 aliphatic heterocycles. The lowest BCUT2D eigenvalue weighted by molar-refractivity contribution is 1.03. The molecule has 15 heavy (non-hydrogen) atoms. The standard InChI is InChI=1S/C12H9BrN2/c13-12-5-3-10(4-6-12)1-2-11-7-8-14-15-9-11/h1-9H/b2-1-. The van der Waals surface area contributed by atoms with Gasteiger partial charge in [0.05, 0.1) is 12.4 Å². The first-order valence-electron chi connectivity index (χ1n) is 4.55. The molecule has 3 heteroatoms. The second-order valence-electron chi connectivity index (χ2n) is 3.06. The Morgan fingerprint density at radius 3 is 2.27 bits per heavy atom. The number of hydrogen-bond acceptors (Lipinski definition) is 2. The van der Waals surface area contributed by atoms with Crippen molar-refractivity contribution in [3.05, 3.63) is 58.3 Å². The largest absolute Gasteiger partial charge is 0.159 e. The summed E-state index contributed by atoms with van der Waals surface area (Å²) in [6.45, 7) is 0. The fraction of sp³-hybridized carbons (Fsp3) is 0.